The van der Waals surface area contributed by atoms with Crippen molar-refractivity contribution < 1.29 is 31.2 Å². The summed E-state index contributed by atoms with van der Waals surface area (Å²) >= 11 is 18.3. The maximum atomic E-state index is 13.6. The van der Waals surface area contributed by atoms with Crippen molar-refractivity contribution in [3.8, 4) is 0 Å². The molecular formula is C24H27Cl3F3N3O4S. The van der Waals surface area contributed by atoms with E-state index in [1.54, 1.807) is 26.8 Å². The number of alkyl halides is 3. The summed E-state index contributed by atoms with van der Waals surface area (Å²) in [6.07, 6.45) is -3.97. The second-order valence-electron chi connectivity index (χ2n) is 8.74. The maximum Gasteiger partial charge on any atom is 0.417 e. The van der Waals surface area contributed by atoms with Crippen LogP contribution in [0.25, 0.3) is 0 Å². The largest absolute Gasteiger partial charge is 0.417 e. The number of carbonyl (C=O) groups is 2. The van der Waals surface area contributed by atoms with E-state index >= 15 is 0 Å². The van der Waals surface area contributed by atoms with Crippen LogP contribution in [0.15, 0.2) is 36.4 Å². The third-order valence-corrected chi connectivity index (χ3v) is 7.61. The summed E-state index contributed by atoms with van der Waals surface area (Å²) in [5, 5.41) is 2.51. The van der Waals surface area contributed by atoms with Crippen LogP contribution >= 0.6 is 34.8 Å². The molecule has 210 valence electrons. The van der Waals surface area contributed by atoms with Crippen LogP contribution in [0.5, 0.6) is 0 Å². The quantitative estimate of drug-likeness (QED) is 0.368. The molecule has 1 N–H and O–H groups in total. The van der Waals surface area contributed by atoms with Crippen molar-refractivity contribution in [3.05, 3.63) is 62.6 Å². The van der Waals surface area contributed by atoms with E-state index in [4.69, 9.17) is 34.8 Å². The molecule has 0 aromatic heterocycles. The number of nitrogens with one attached hydrogen (secondary N) is 1. The number of anilines is 1. The Bertz CT molecular complexity index is 1270. The Balaban J connectivity index is 2.58. The molecule has 2 rings (SSSR count). The van der Waals surface area contributed by atoms with Gasteiger partial charge in [0, 0.05) is 28.2 Å². The zero-order chi connectivity index (χ0) is 29.0. The van der Waals surface area contributed by atoms with Gasteiger partial charge in [-0.1, -0.05) is 47.8 Å². The van der Waals surface area contributed by atoms with Crippen LogP contribution in [0.4, 0.5) is 18.9 Å². The van der Waals surface area contributed by atoms with Crippen molar-refractivity contribution in [2.24, 2.45) is 0 Å². The number of carbonyl (C=O) groups excluding carboxylic acids is 2. The smallest absolute Gasteiger partial charge is 0.352 e. The monoisotopic (exact) mass is 615 g/mol. The van der Waals surface area contributed by atoms with Crippen molar-refractivity contribution in [1.82, 2.24) is 10.2 Å². The summed E-state index contributed by atoms with van der Waals surface area (Å²) in [5.41, 5.74) is -1.37. The lowest BCUT2D eigenvalue weighted by Gasteiger charge is -2.33. The standard InChI is InChI=1S/C24H27Cl3F3N3O4S/c1-5-21(23(35)31-14(2)3)32(12-16-18(25)7-6-8-19(16)26)22(34)13-33(38(4,36)37)15-9-10-20(27)17(11-15)24(28,29)30/h6-11,14,21H,5,12-13H2,1-4H3,(H,31,35)/t21-/m1/s1. The third-order valence-electron chi connectivity index (χ3n) is 5.43. The minimum absolute atomic E-state index is 0.143. The minimum Gasteiger partial charge on any atom is -0.352 e. The predicted molar refractivity (Wildman–Crippen MR) is 143 cm³/mol. The van der Waals surface area contributed by atoms with Crippen LogP contribution in [0.3, 0.4) is 0 Å². The Hall–Kier alpha value is -2.21. The Labute approximate surface area is 234 Å². The fourth-order valence-electron chi connectivity index (χ4n) is 3.65. The minimum atomic E-state index is -4.87. The van der Waals surface area contributed by atoms with Crippen molar-refractivity contribution >= 4 is 62.3 Å². The lowest BCUT2D eigenvalue weighted by molar-refractivity contribution is -0.140. The summed E-state index contributed by atoms with van der Waals surface area (Å²) in [6.45, 7) is 3.96. The molecule has 0 unspecified atom stereocenters. The Kier molecular flexibility index (Phi) is 10.7. The number of rotatable bonds is 10. The Morgan fingerprint density at radius 1 is 1.03 bits per heavy atom. The molecule has 2 aromatic rings. The highest BCUT2D eigenvalue weighted by atomic mass is 35.5. The molecule has 0 aliphatic carbocycles. The van der Waals surface area contributed by atoms with Gasteiger partial charge >= 0.3 is 6.18 Å². The first kappa shape index (κ1) is 32.0. The summed E-state index contributed by atoms with van der Waals surface area (Å²) in [6, 6.07) is 5.85. The molecule has 7 nitrogen and oxygen atoms in total. The highest BCUT2D eigenvalue weighted by Gasteiger charge is 2.36. The summed E-state index contributed by atoms with van der Waals surface area (Å²) < 4.78 is 66.1. The van der Waals surface area contributed by atoms with Gasteiger partial charge < -0.3 is 10.2 Å². The van der Waals surface area contributed by atoms with Crippen molar-refractivity contribution in [3.63, 3.8) is 0 Å². The molecule has 14 heteroatoms. The first-order chi connectivity index (χ1) is 17.5. The summed E-state index contributed by atoms with van der Waals surface area (Å²) in [5.74, 6) is -1.36. The van der Waals surface area contributed by atoms with Gasteiger partial charge in [-0.05, 0) is 50.6 Å². The number of halogens is 6. The summed E-state index contributed by atoms with van der Waals surface area (Å²) in [7, 11) is -4.26. The van der Waals surface area contributed by atoms with Crippen LogP contribution in [0.2, 0.25) is 15.1 Å². The van der Waals surface area contributed by atoms with Gasteiger partial charge in [0.05, 0.1) is 22.5 Å². The van der Waals surface area contributed by atoms with E-state index in [2.05, 4.69) is 5.32 Å². The molecule has 2 aromatic carbocycles. The number of sulfonamides is 1. The van der Waals surface area contributed by atoms with Gasteiger partial charge in [-0.2, -0.15) is 13.2 Å². The van der Waals surface area contributed by atoms with Crippen LogP contribution in [-0.4, -0.2) is 50.0 Å². The normalized spacial score (nSPS) is 12.8. The van der Waals surface area contributed by atoms with E-state index in [1.165, 1.54) is 12.1 Å². The maximum absolute atomic E-state index is 13.6. The van der Waals surface area contributed by atoms with Gasteiger partial charge in [-0.15, -0.1) is 0 Å². The fourth-order valence-corrected chi connectivity index (χ4v) is 5.24. The molecule has 0 saturated heterocycles. The van der Waals surface area contributed by atoms with Crippen molar-refractivity contribution in [2.75, 3.05) is 17.1 Å². The van der Waals surface area contributed by atoms with Gasteiger partial charge in [0.25, 0.3) is 0 Å². The lowest BCUT2D eigenvalue weighted by atomic mass is 10.1. The molecule has 0 radical (unpaired) electrons. The van der Waals surface area contributed by atoms with Crippen molar-refractivity contribution in [2.45, 2.75) is 52.0 Å². The van der Waals surface area contributed by atoms with Crippen LogP contribution in [0, 0.1) is 0 Å². The van der Waals surface area contributed by atoms with E-state index in [1.807, 2.05) is 0 Å². The van der Waals surface area contributed by atoms with Gasteiger partial charge in [0.2, 0.25) is 21.8 Å². The summed E-state index contributed by atoms with van der Waals surface area (Å²) in [4.78, 5) is 27.8. The first-order valence-corrected chi connectivity index (χ1v) is 14.3. The molecule has 0 saturated carbocycles. The van der Waals surface area contributed by atoms with E-state index in [0.717, 1.165) is 23.3 Å². The zero-order valence-corrected chi connectivity index (χ0v) is 24.0. The van der Waals surface area contributed by atoms with E-state index in [-0.39, 0.29) is 29.1 Å². The molecule has 38 heavy (non-hydrogen) atoms. The van der Waals surface area contributed by atoms with Crippen LogP contribution < -0.4 is 9.62 Å². The molecule has 0 spiro atoms. The number of amides is 2. The zero-order valence-electron chi connectivity index (χ0n) is 20.9. The molecule has 1 atom stereocenters. The van der Waals surface area contributed by atoms with Crippen LogP contribution in [-0.2, 0) is 32.3 Å². The van der Waals surface area contributed by atoms with Crippen LogP contribution in [0.1, 0.15) is 38.3 Å². The topological polar surface area (TPSA) is 86.8 Å². The molecule has 0 heterocycles. The van der Waals surface area contributed by atoms with Crippen molar-refractivity contribution in [1.29, 1.82) is 0 Å². The number of benzene rings is 2. The second-order valence-corrected chi connectivity index (χ2v) is 11.9. The molecule has 0 aliphatic heterocycles. The van der Waals surface area contributed by atoms with E-state index < -0.39 is 56.9 Å². The molecule has 0 bridgehead atoms. The number of hydrogen-bond donors (Lipinski definition) is 1. The third kappa shape index (κ3) is 8.14. The Morgan fingerprint density at radius 2 is 1.61 bits per heavy atom. The van der Waals surface area contributed by atoms with Gasteiger partial charge in [0.1, 0.15) is 12.6 Å². The fraction of sp³-hybridized carbons (Fsp3) is 0.417. The van der Waals surface area contributed by atoms with E-state index in [9.17, 15) is 31.2 Å². The molecular weight excluding hydrogens is 590 g/mol. The number of hydrogen-bond acceptors (Lipinski definition) is 4. The van der Waals surface area contributed by atoms with E-state index in [0.29, 0.717) is 15.9 Å². The molecule has 0 aliphatic rings. The van der Waals surface area contributed by atoms with Gasteiger partial charge in [-0.25, -0.2) is 8.42 Å². The van der Waals surface area contributed by atoms with Gasteiger partial charge in [0.15, 0.2) is 0 Å². The highest BCUT2D eigenvalue weighted by molar-refractivity contribution is 7.92. The number of nitrogens with zero attached hydrogens (tertiary/aromatic N) is 2. The molecule has 2 amide bonds. The average Bonchev–Trinajstić information content (AvgIpc) is 2.77. The molecule has 0 fully saturated rings. The van der Waals surface area contributed by atoms with Gasteiger partial charge in [-0.3, -0.25) is 13.9 Å². The lowest BCUT2D eigenvalue weighted by Crippen LogP contribution is -2.53. The second kappa shape index (κ2) is 12.8. The Morgan fingerprint density at radius 3 is 2.08 bits per heavy atom. The first-order valence-electron chi connectivity index (χ1n) is 11.3. The predicted octanol–water partition coefficient (Wildman–Crippen LogP) is 5.76. The SMILES string of the molecule is CC[C@H](C(=O)NC(C)C)N(Cc1c(Cl)cccc1Cl)C(=O)CN(c1ccc(Cl)c(C(F)(F)F)c1)S(C)(=O)=O. The average molecular weight is 617 g/mol. The highest BCUT2D eigenvalue weighted by Crippen LogP contribution is 2.37.